The molecule has 0 fully saturated rings. The van der Waals surface area contributed by atoms with Gasteiger partial charge in [0.1, 0.15) is 0 Å². The Kier molecular flexibility index (Phi) is 15.9. The molecular weight excluding hydrogens is 426 g/mol. The molecule has 0 unspecified atom stereocenters. The van der Waals surface area contributed by atoms with Gasteiger partial charge < -0.3 is 5.32 Å². The summed E-state index contributed by atoms with van der Waals surface area (Å²) >= 11 is 0. The number of allylic oxidation sites excluding steroid dienone is 2. The highest BCUT2D eigenvalue weighted by molar-refractivity contribution is 5.93. The molecule has 35 heavy (non-hydrogen) atoms. The van der Waals surface area contributed by atoms with E-state index in [-0.39, 0.29) is 11.9 Å². The maximum atomic E-state index is 12.5. The van der Waals surface area contributed by atoms with Gasteiger partial charge >= 0.3 is 0 Å². The molecule has 2 nitrogen and oxygen atoms in total. The van der Waals surface area contributed by atoms with Crippen molar-refractivity contribution in [2.45, 2.75) is 103 Å². The molecule has 2 heteroatoms. The molecule has 188 valence electrons. The highest BCUT2D eigenvalue weighted by atomic mass is 16.1. The molecule has 0 atom stereocenters. The number of rotatable bonds is 17. The quantitative estimate of drug-likeness (QED) is 0.140. The van der Waals surface area contributed by atoms with Crippen molar-refractivity contribution in [3.8, 4) is 11.8 Å². The molecule has 2 rings (SSSR count). The molecular formula is C33H45NO. The second-order valence-electron chi connectivity index (χ2n) is 9.48. The minimum absolute atomic E-state index is 0.0322. The van der Waals surface area contributed by atoms with Gasteiger partial charge in [-0.05, 0) is 62.0 Å². The summed E-state index contributed by atoms with van der Waals surface area (Å²) in [5.74, 6) is 5.72. The van der Waals surface area contributed by atoms with Gasteiger partial charge in [-0.2, -0.15) is 0 Å². The number of hydrogen-bond donors (Lipinski definition) is 1. The molecule has 1 amide bonds. The largest absolute Gasteiger partial charge is 0.342 e. The highest BCUT2D eigenvalue weighted by Gasteiger charge is 2.13. The molecule has 2 aromatic carbocycles. The van der Waals surface area contributed by atoms with Gasteiger partial charge in [0.05, 0.1) is 0 Å². The summed E-state index contributed by atoms with van der Waals surface area (Å²) in [6, 6.07) is 20.7. The van der Waals surface area contributed by atoms with Crippen LogP contribution in [0.4, 0.5) is 0 Å². The number of benzene rings is 2. The van der Waals surface area contributed by atoms with Gasteiger partial charge in [-0.25, -0.2) is 0 Å². The first kappa shape index (κ1) is 28.4. The zero-order valence-electron chi connectivity index (χ0n) is 21.8. The molecule has 0 aliphatic rings. The van der Waals surface area contributed by atoms with Gasteiger partial charge in [0.25, 0.3) is 5.91 Å². The predicted molar refractivity (Wildman–Crippen MR) is 150 cm³/mol. The van der Waals surface area contributed by atoms with E-state index >= 15 is 0 Å². The zero-order chi connectivity index (χ0) is 24.8. The third-order valence-corrected chi connectivity index (χ3v) is 6.25. The van der Waals surface area contributed by atoms with E-state index in [0.29, 0.717) is 0 Å². The maximum absolute atomic E-state index is 12.5. The molecule has 0 aliphatic heterocycles. The molecule has 0 saturated carbocycles. The Morgan fingerprint density at radius 1 is 0.743 bits per heavy atom. The first-order valence-electron chi connectivity index (χ1n) is 13.8. The molecule has 0 bridgehead atoms. The lowest BCUT2D eigenvalue weighted by molar-refractivity contribution is -0.116. The van der Waals surface area contributed by atoms with Gasteiger partial charge in [0, 0.05) is 12.5 Å². The van der Waals surface area contributed by atoms with Crippen LogP contribution in [0.25, 0.3) is 0 Å². The Balaban J connectivity index is 1.61. The van der Waals surface area contributed by atoms with Gasteiger partial charge in [-0.1, -0.05) is 124 Å². The molecule has 0 saturated heterocycles. The van der Waals surface area contributed by atoms with Crippen LogP contribution in [-0.2, 0) is 17.6 Å². The number of unbranched alkanes of at least 4 members (excludes halogenated alkanes) is 10. The summed E-state index contributed by atoms with van der Waals surface area (Å²) in [6.07, 6.45) is 21.1. The third kappa shape index (κ3) is 14.9. The van der Waals surface area contributed by atoms with Crippen molar-refractivity contribution in [2.24, 2.45) is 0 Å². The fraction of sp³-hybridized carbons (Fsp3) is 0.485. The Morgan fingerprint density at radius 3 is 1.83 bits per heavy atom. The molecule has 0 aromatic heterocycles. The van der Waals surface area contributed by atoms with Crippen LogP contribution in [0.5, 0.6) is 0 Å². The average Bonchev–Trinajstić information content (AvgIpc) is 2.87. The van der Waals surface area contributed by atoms with E-state index in [9.17, 15) is 4.79 Å². The normalized spacial score (nSPS) is 10.9. The van der Waals surface area contributed by atoms with Crippen LogP contribution < -0.4 is 5.32 Å². The number of hydrogen-bond acceptors (Lipinski definition) is 1. The summed E-state index contributed by atoms with van der Waals surface area (Å²) in [7, 11) is 0. The zero-order valence-corrected chi connectivity index (χ0v) is 21.8. The number of carbonyl (C=O) groups is 1. The van der Waals surface area contributed by atoms with Crippen molar-refractivity contribution in [2.75, 3.05) is 0 Å². The number of carbonyl (C=O) groups excluding carboxylic acids is 1. The van der Waals surface area contributed by atoms with Crippen molar-refractivity contribution < 1.29 is 4.79 Å². The van der Waals surface area contributed by atoms with E-state index in [0.717, 1.165) is 32.1 Å². The maximum Gasteiger partial charge on any atom is 0.296 e. The summed E-state index contributed by atoms with van der Waals surface area (Å²) in [5.41, 5.74) is 2.45. The van der Waals surface area contributed by atoms with E-state index in [1.807, 2.05) is 36.4 Å². The Morgan fingerprint density at radius 2 is 1.26 bits per heavy atom. The topological polar surface area (TPSA) is 29.1 Å². The Hall–Kier alpha value is -2.79. The Labute approximate surface area is 214 Å². The summed E-state index contributed by atoms with van der Waals surface area (Å²) < 4.78 is 0. The van der Waals surface area contributed by atoms with E-state index in [1.54, 1.807) is 0 Å². The second-order valence-corrected chi connectivity index (χ2v) is 9.48. The van der Waals surface area contributed by atoms with Crippen molar-refractivity contribution in [1.29, 1.82) is 0 Å². The lowest BCUT2D eigenvalue weighted by Crippen LogP contribution is -2.37. The van der Waals surface area contributed by atoms with Crippen LogP contribution in [-0.4, -0.2) is 11.9 Å². The SMILES string of the molecule is CCCCCCCC/C=C\CCCCCC#CC(=O)NC(Cc1ccccc1)Cc1ccccc1. The van der Waals surface area contributed by atoms with Crippen LogP contribution in [0.15, 0.2) is 72.8 Å². The Bertz CT molecular complexity index is 834. The van der Waals surface area contributed by atoms with Gasteiger partial charge in [0.2, 0.25) is 0 Å². The van der Waals surface area contributed by atoms with Crippen molar-refractivity contribution >= 4 is 5.91 Å². The molecule has 0 aliphatic carbocycles. The average molecular weight is 472 g/mol. The molecule has 2 aromatic rings. The summed E-state index contributed by atoms with van der Waals surface area (Å²) in [6.45, 7) is 2.27. The first-order valence-corrected chi connectivity index (χ1v) is 13.8. The van der Waals surface area contributed by atoms with Crippen molar-refractivity contribution in [1.82, 2.24) is 5.32 Å². The highest BCUT2D eigenvalue weighted by Crippen LogP contribution is 2.10. The molecule has 0 radical (unpaired) electrons. The van der Waals surface area contributed by atoms with Crippen LogP contribution in [0.1, 0.15) is 95.1 Å². The molecule has 1 N–H and O–H groups in total. The van der Waals surface area contributed by atoms with Gasteiger partial charge in [-0.3, -0.25) is 4.79 Å². The standard InChI is InChI=1S/C33H45NO/c1-2-3-4-5-6-7-8-9-10-11-12-13-14-15-22-27-33(35)34-32(28-30-23-18-16-19-24-30)29-31-25-20-17-21-26-31/h9-10,16-21,23-26,32H,2-8,11-15,28-29H2,1H3,(H,34,35)/b10-9-. The lowest BCUT2D eigenvalue weighted by atomic mass is 9.99. The summed E-state index contributed by atoms with van der Waals surface area (Å²) in [4.78, 5) is 12.5. The van der Waals surface area contributed by atoms with Gasteiger partial charge in [0.15, 0.2) is 0 Å². The van der Waals surface area contributed by atoms with Gasteiger partial charge in [-0.15, -0.1) is 0 Å². The monoisotopic (exact) mass is 471 g/mol. The van der Waals surface area contributed by atoms with Crippen LogP contribution in [0.2, 0.25) is 0 Å². The minimum Gasteiger partial charge on any atom is -0.342 e. The smallest absolute Gasteiger partial charge is 0.296 e. The summed E-state index contributed by atoms with van der Waals surface area (Å²) in [5, 5.41) is 3.14. The van der Waals surface area contributed by atoms with E-state index in [1.165, 1.54) is 68.9 Å². The predicted octanol–water partition coefficient (Wildman–Crippen LogP) is 8.22. The molecule has 0 spiro atoms. The fourth-order valence-corrected chi connectivity index (χ4v) is 4.27. The molecule has 0 heterocycles. The van der Waals surface area contributed by atoms with E-state index < -0.39 is 0 Å². The second kappa shape index (κ2) is 19.5. The lowest BCUT2D eigenvalue weighted by Gasteiger charge is -2.17. The fourth-order valence-electron chi connectivity index (χ4n) is 4.27. The number of amides is 1. The minimum atomic E-state index is -0.167. The van der Waals surface area contributed by atoms with Crippen LogP contribution in [0.3, 0.4) is 0 Å². The van der Waals surface area contributed by atoms with Crippen LogP contribution in [0, 0.1) is 11.8 Å². The van der Waals surface area contributed by atoms with Crippen molar-refractivity contribution in [3.05, 3.63) is 83.9 Å². The van der Waals surface area contributed by atoms with Crippen LogP contribution >= 0.6 is 0 Å². The number of nitrogens with one attached hydrogen (secondary N) is 1. The van der Waals surface area contributed by atoms with E-state index in [4.69, 9.17) is 0 Å². The first-order chi connectivity index (χ1) is 17.3. The van der Waals surface area contributed by atoms with E-state index in [2.05, 4.69) is 60.5 Å². The third-order valence-electron chi connectivity index (χ3n) is 6.25. The van der Waals surface area contributed by atoms with Crippen molar-refractivity contribution in [3.63, 3.8) is 0 Å².